The van der Waals surface area contributed by atoms with Crippen molar-refractivity contribution < 1.29 is 13.2 Å². The van der Waals surface area contributed by atoms with Crippen molar-refractivity contribution in [3.8, 4) is 0 Å². The highest BCUT2D eigenvalue weighted by Gasteiger charge is 2.22. The summed E-state index contributed by atoms with van der Waals surface area (Å²) in [5, 5.41) is 3.71. The fraction of sp³-hybridized carbons (Fsp3) is 0.188. The van der Waals surface area contributed by atoms with Crippen molar-refractivity contribution in [1.82, 2.24) is 0 Å². The van der Waals surface area contributed by atoms with Gasteiger partial charge in [-0.1, -0.05) is 34.8 Å². The van der Waals surface area contributed by atoms with E-state index < -0.39 is 22.5 Å². The van der Waals surface area contributed by atoms with Gasteiger partial charge in [-0.2, -0.15) is 0 Å². The molecule has 0 heterocycles. The van der Waals surface area contributed by atoms with Crippen molar-refractivity contribution in [3.05, 3.63) is 57.0 Å². The van der Waals surface area contributed by atoms with E-state index in [1.54, 1.807) is 25.1 Å². The Morgan fingerprint density at radius 2 is 1.76 bits per heavy atom. The van der Waals surface area contributed by atoms with Crippen LogP contribution in [0.25, 0.3) is 0 Å². The lowest BCUT2D eigenvalue weighted by Crippen LogP contribution is -2.37. The predicted octanol–water partition coefficient (Wildman–Crippen LogP) is 4.36. The molecule has 0 atom stereocenters. The van der Waals surface area contributed by atoms with Crippen LogP contribution in [0, 0.1) is 6.92 Å². The maximum absolute atomic E-state index is 12.3. The Morgan fingerprint density at radius 1 is 1.08 bits per heavy atom. The molecule has 2 aromatic rings. The van der Waals surface area contributed by atoms with Gasteiger partial charge in [-0.15, -0.1) is 0 Å². The molecule has 0 bridgehead atoms. The number of nitrogens with one attached hydrogen (secondary N) is 1. The lowest BCUT2D eigenvalue weighted by molar-refractivity contribution is -0.114. The van der Waals surface area contributed by atoms with Crippen LogP contribution >= 0.6 is 34.8 Å². The van der Waals surface area contributed by atoms with Gasteiger partial charge in [0.1, 0.15) is 6.54 Å². The molecule has 5 nitrogen and oxygen atoms in total. The average molecular weight is 422 g/mol. The summed E-state index contributed by atoms with van der Waals surface area (Å²) in [7, 11) is -3.70. The number of halogens is 3. The van der Waals surface area contributed by atoms with Crippen LogP contribution in [0.4, 0.5) is 11.4 Å². The van der Waals surface area contributed by atoms with E-state index in [0.717, 1.165) is 16.1 Å². The van der Waals surface area contributed by atoms with Crippen molar-refractivity contribution in [2.75, 3.05) is 22.4 Å². The maximum atomic E-state index is 12.3. The van der Waals surface area contributed by atoms with Gasteiger partial charge in [-0.25, -0.2) is 8.42 Å². The molecule has 0 unspecified atom stereocenters. The number of anilines is 2. The Balaban J connectivity index is 2.25. The molecule has 0 spiro atoms. The van der Waals surface area contributed by atoms with Gasteiger partial charge in [0.2, 0.25) is 15.9 Å². The number of nitrogens with zero attached hydrogens (tertiary/aromatic N) is 1. The maximum Gasteiger partial charge on any atom is 0.245 e. The van der Waals surface area contributed by atoms with E-state index in [4.69, 9.17) is 34.8 Å². The minimum atomic E-state index is -3.70. The van der Waals surface area contributed by atoms with Crippen LogP contribution in [0.15, 0.2) is 36.4 Å². The van der Waals surface area contributed by atoms with Crippen LogP contribution in [0.1, 0.15) is 5.56 Å². The quantitative estimate of drug-likeness (QED) is 0.780. The zero-order chi connectivity index (χ0) is 18.8. The SMILES string of the molecule is Cc1cc(Cl)ccc1NC(=O)CN(c1ccc(Cl)c(Cl)c1)S(C)(=O)=O. The molecule has 134 valence electrons. The number of amides is 1. The lowest BCUT2D eigenvalue weighted by Gasteiger charge is -2.22. The van der Waals surface area contributed by atoms with Crippen LogP contribution in [-0.4, -0.2) is 27.1 Å². The average Bonchev–Trinajstić information content (AvgIpc) is 2.49. The number of benzene rings is 2. The number of carbonyl (C=O) groups is 1. The molecule has 2 rings (SSSR count). The third kappa shape index (κ3) is 5.25. The minimum absolute atomic E-state index is 0.196. The van der Waals surface area contributed by atoms with E-state index in [-0.39, 0.29) is 10.7 Å². The highest BCUT2D eigenvalue weighted by atomic mass is 35.5. The van der Waals surface area contributed by atoms with Gasteiger partial charge in [0.25, 0.3) is 0 Å². The van der Waals surface area contributed by atoms with Crippen molar-refractivity contribution in [2.24, 2.45) is 0 Å². The molecular weight excluding hydrogens is 407 g/mol. The fourth-order valence-electron chi connectivity index (χ4n) is 2.13. The Bertz CT molecular complexity index is 917. The first-order valence-electron chi connectivity index (χ1n) is 7.06. The molecule has 0 aliphatic heterocycles. The Hall–Kier alpha value is -1.47. The van der Waals surface area contributed by atoms with Crippen molar-refractivity contribution in [3.63, 3.8) is 0 Å². The standard InChI is InChI=1S/C16H15Cl3N2O3S/c1-10-7-11(17)3-6-15(10)20-16(22)9-21(25(2,23)24)12-4-5-13(18)14(19)8-12/h3-8H,9H2,1-2H3,(H,20,22). The van der Waals surface area contributed by atoms with Gasteiger partial charge in [-0.05, 0) is 48.9 Å². The van der Waals surface area contributed by atoms with Crippen LogP contribution < -0.4 is 9.62 Å². The Morgan fingerprint density at radius 3 is 2.32 bits per heavy atom. The first-order valence-corrected chi connectivity index (χ1v) is 10.0. The zero-order valence-electron chi connectivity index (χ0n) is 13.4. The summed E-state index contributed by atoms with van der Waals surface area (Å²) in [6.45, 7) is 1.38. The molecular formula is C16H15Cl3N2O3S. The molecule has 25 heavy (non-hydrogen) atoms. The van der Waals surface area contributed by atoms with Gasteiger partial charge >= 0.3 is 0 Å². The smallest absolute Gasteiger partial charge is 0.245 e. The Kier molecular flexibility index (Phi) is 6.21. The van der Waals surface area contributed by atoms with Crippen molar-refractivity contribution in [1.29, 1.82) is 0 Å². The molecule has 0 saturated heterocycles. The number of sulfonamides is 1. The largest absolute Gasteiger partial charge is 0.324 e. The van der Waals surface area contributed by atoms with E-state index in [9.17, 15) is 13.2 Å². The monoisotopic (exact) mass is 420 g/mol. The summed E-state index contributed by atoms with van der Waals surface area (Å²) < 4.78 is 25.1. The summed E-state index contributed by atoms with van der Waals surface area (Å²) in [6, 6.07) is 9.34. The van der Waals surface area contributed by atoms with Crippen LogP contribution in [0.2, 0.25) is 15.1 Å². The number of carbonyl (C=O) groups excluding carboxylic acids is 1. The number of hydrogen-bond donors (Lipinski definition) is 1. The highest BCUT2D eigenvalue weighted by molar-refractivity contribution is 7.92. The number of hydrogen-bond acceptors (Lipinski definition) is 3. The molecule has 0 fully saturated rings. The van der Waals surface area contributed by atoms with Gasteiger partial charge < -0.3 is 5.32 Å². The molecule has 1 N–H and O–H groups in total. The summed E-state index contributed by atoms with van der Waals surface area (Å²) in [4.78, 5) is 12.3. The minimum Gasteiger partial charge on any atom is -0.324 e. The normalized spacial score (nSPS) is 11.2. The van der Waals surface area contributed by atoms with E-state index in [2.05, 4.69) is 5.32 Å². The van der Waals surface area contributed by atoms with E-state index in [1.165, 1.54) is 18.2 Å². The van der Waals surface area contributed by atoms with E-state index in [1.807, 2.05) is 0 Å². The third-order valence-electron chi connectivity index (χ3n) is 3.34. The second-order valence-corrected chi connectivity index (χ2v) is 8.53. The van der Waals surface area contributed by atoms with E-state index >= 15 is 0 Å². The van der Waals surface area contributed by atoms with Crippen LogP contribution in [-0.2, 0) is 14.8 Å². The second kappa shape index (κ2) is 7.83. The second-order valence-electron chi connectivity index (χ2n) is 5.38. The van der Waals surface area contributed by atoms with Gasteiger partial charge in [0.15, 0.2) is 0 Å². The predicted molar refractivity (Wildman–Crippen MR) is 103 cm³/mol. The first kappa shape index (κ1) is 19.8. The van der Waals surface area contributed by atoms with Crippen molar-refractivity contribution >= 4 is 62.1 Å². The molecule has 2 aromatic carbocycles. The Labute approximate surface area is 161 Å². The summed E-state index contributed by atoms with van der Waals surface area (Å²) in [5.74, 6) is -0.498. The van der Waals surface area contributed by atoms with Crippen LogP contribution in [0.5, 0.6) is 0 Å². The molecule has 0 radical (unpaired) electrons. The molecule has 0 aliphatic rings. The van der Waals surface area contributed by atoms with Crippen molar-refractivity contribution in [2.45, 2.75) is 6.92 Å². The molecule has 0 aliphatic carbocycles. The molecule has 9 heteroatoms. The zero-order valence-corrected chi connectivity index (χ0v) is 16.5. The van der Waals surface area contributed by atoms with Gasteiger partial charge in [-0.3, -0.25) is 9.10 Å². The molecule has 0 saturated carbocycles. The van der Waals surface area contributed by atoms with Crippen LogP contribution in [0.3, 0.4) is 0 Å². The summed E-state index contributed by atoms with van der Waals surface area (Å²) >= 11 is 17.7. The summed E-state index contributed by atoms with van der Waals surface area (Å²) in [5.41, 5.74) is 1.57. The number of rotatable bonds is 5. The lowest BCUT2D eigenvalue weighted by atomic mass is 10.2. The molecule has 1 amide bonds. The van der Waals surface area contributed by atoms with E-state index in [0.29, 0.717) is 15.7 Å². The third-order valence-corrected chi connectivity index (χ3v) is 5.46. The topological polar surface area (TPSA) is 66.5 Å². The molecule has 0 aromatic heterocycles. The highest BCUT2D eigenvalue weighted by Crippen LogP contribution is 2.28. The summed E-state index contributed by atoms with van der Waals surface area (Å²) in [6.07, 6.45) is 1.01. The number of aryl methyl sites for hydroxylation is 1. The van der Waals surface area contributed by atoms with Gasteiger partial charge in [0.05, 0.1) is 22.0 Å². The fourth-order valence-corrected chi connectivity index (χ4v) is 3.49. The first-order chi connectivity index (χ1) is 11.6. The van der Waals surface area contributed by atoms with Gasteiger partial charge in [0, 0.05) is 10.7 Å².